The van der Waals surface area contributed by atoms with Crippen LogP contribution in [0.1, 0.15) is 36.2 Å². The third-order valence-corrected chi connectivity index (χ3v) is 4.49. The summed E-state index contributed by atoms with van der Waals surface area (Å²) in [5.74, 6) is 0.755. The zero-order chi connectivity index (χ0) is 17.1. The fraction of sp³-hybridized carbons (Fsp3) is 0.316. The van der Waals surface area contributed by atoms with Crippen molar-refractivity contribution in [3.05, 3.63) is 54.7 Å². The van der Waals surface area contributed by atoms with E-state index in [0.717, 1.165) is 36.7 Å². The molecule has 0 atom stereocenters. The molecule has 0 spiro atoms. The summed E-state index contributed by atoms with van der Waals surface area (Å²) in [6, 6.07) is 9.55. The third kappa shape index (κ3) is 3.63. The van der Waals surface area contributed by atoms with Crippen LogP contribution in [0.2, 0.25) is 0 Å². The van der Waals surface area contributed by atoms with Gasteiger partial charge < -0.3 is 14.5 Å². The van der Waals surface area contributed by atoms with Gasteiger partial charge in [0.2, 0.25) is 5.88 Å². The van der Waals surface area contributed by atoms with Gasteiger partial charge in [0, 0.05) is 23.8 Å². The summed E-state index contributed by atoms with van der Waals surface area (Å²) in [4.78, 5) is 20.5. The van der Waals surface area contributed by atoms with Crippen LogP contribution in [0.5, 0.6) is 5.88 Å². The van der Waals surface area contributed by atoms with Crippen molar-refractivity contribution in [2.75, 3.05) is 0 Å². The maximum absolute atomic E-state index is 12.4. The Kier molecular flexibility index (Phi) is 4.33. The number of nitrogens with one attached hydrogen (secondary N) is 1. The van der Waals surface area contributed by atoms with Gasteiger partial charge in [0.25, 0.3) is 5.91 Å². The van der Waals surface area contributed by atoms with Gasteiger partial charge in [-0.15, -0.1) is 0 Å². The van der Waals surface area contributed by atoms with Gasteiger partial charge in [0.05, 0.1) is 6.20 Å². The van der Waals surface area contributed by atoms with E-state index in [0.29, 0.717) is 11.6 Å². The molecular weight excluding hydrogens is 318 g/mol. The minimum absolute atomic E-state index is 0.121. The van der Waals surface area contributed by atoms with Gasteiger partial charge in [0.1, 0.15) is 11.7 Å². The maximum atomic E-state index is 12.4. The molecule has 0 saturated heterocycles. The minimum atomic E-state index is -0.158. The number of carbonyl (C=O) groups is 1. The Morgan fingerprint density at radius 2 is 2.00 bits per heavy atom. The molecule has 6 heteroatoms. The fourth-order valence-corrected chi connectivity index (χ4v) is 3.19. The highest BCUT2D eigenvalue weighted by molar-refractivity contribution is 5.96. The van der Waals surface area contributed by atoms with Crippen molar-refractivity contribution in [1.82, 2.24) is 15.3 Å². The number of ether oxygens (including phenoxy) is 1. The lowest BCUT2D eigenvalue weighted by atomic mass is 9.93. The largest absolute Gasteiger partial charge is 0.473 e. The second kappa shape index (κ2) is 6.93. The van der Waals surface area contributed by atoms with Crippen LogP contribution in [-0.2, 0) is 0 Å². The van der Waals surface area contributed by atoms with Gasteiger partial charge in [-0.05, 0) is 37.8 Å². The first-order valence-corrected chi connectivity index (χ1v) is 8.50. The number of aromatic nitrogens is 2. The molecule has 2 heterocycles. The maximum Gasteiger partial charge on any atom is 0.287 e. The van der Waals surface area contributed by atoms with Crippen molar-refractivity contribution in [3.8, 4) is 5.88 Å². The minimum Gasteiger partial charge on any atom is -0.473 e. The normalized spacial score (nSPS) is 20.3. The number of fused-ring (bicyclic) bond motifs is 1. The zero-order valence-electron chi connectivity index (χ0n) is 13.7. The molecule has 1 aliphatic carbocycles. The summed E-state index contributed by atoms with van der Waals surface area (Å²) in [6.45, 7) is 0. The molecule has 1 aromatic carbocycles. The number of hydrogen-bond donors (Lipinski definition) is 1. The van der Waals surface area contributed by atoms with E-state index in [4.69, 9.17) is 9.15 Å². The lowest BCUT2D eigenvalue weighted by Crippen LogP contribution is -2.39. The monoisotopic (exact) mass is 337 g/mol. The van der Waals surface area contributed by atoms with Gasteiger partial charge in [-0.25, -0.2) is 4.98 Å². The molecule has 1 N–H and O–H groups in total. The zero-order valence-corrected chi connectivity index (χ0v) is 13.7. The summed E-state index contributed by atoms with van der Waals surface area (Å²) in [6.07, 6.45) is 8.48. The fourth-order valence-electron chi connectivity index (χ4n) is 3.19. The van der Waals surface area contributed by atoms with Crippen molar-refractivity contribution in [2.24, 2.45) is 0 Å². The first-order valence-electron chi connectivity index (χ1n) is 8.50. The van der Waals surface area contributed by atoms with Crippen LogP contribution >= 0.6 is 0 Å². The molecule has 0 aliphatic heterocycles. The number of furan rings is 1. The van der Waals surface area contributed by atoms with Gasteiger partial charge in [-0.2, -0.15) is 0 Å². The molecule has 4 rings (SSSR count). The summed E-state index contributed by atoms with van der Waals surface area (Å²) >= 11 is 0. The van der Waals surface area contributed by atoms with Gasteiger partial charge in [-0.1, -0.05) is 18.2 Å². The van der Waals surface area contributed by atoms with E-state index in [9.17, 15) is 4.79 Å². The highest BCUT2D eigenvalue weighted by Gasteiger charge is 2.25. The summed E-state index contributed by atoms with van der Waals surface area (Å²) in [5, 5.41) is 4.00. The van der Waals surface area contributed by atoms with Crippen LogP contribution in [0.15, 0.2) is 53.3 Å². The van der Waals surface area contributed by atoms with E-state index in [1.165, 1.54) is 0 Å². The number of rotatable bonds is 4. The average Bonchev–Trinajstić information content (AvgIpc) is 3.09. The molecule has 2 aromatic heterocycles. The Labute approximate surface area is 145 Å². The molecule has 1 amide bonds. The van der Waals surface area contributed by atoms with E-state index in [2.05, 4.69) is 15.3 Å². The Balaban J connectivity index is 1.31. The van der Waals surface area contributed by atoms with Gasteiger partial charge in [0.15, 0.2) is 5.76 Å². The van der Waals surface area contributed by atoms with Crippen molar-refractivity contribution < 1.29 is 13.9 Å². The van der Waals surface area contributed by atoms with Crippen molar-refractivity contribution >= 4 is 16.9 Å². The number of benzene rings is 1. The second-order valence-corrected chi connectivity index (χ2v) is 6.26. The van der Waals surface area contributed by atoms with E-state index in [1.807, 2.05) is 24.3 Å². The molecule has 128 valence electrons. The molecule has 3 aromatic rings. The molecular formula is C19H19N3O3. The highest BCUT2D eigenvalue weighted by Crippen LogP contribution is 2.24. The highest BCUT2D eigenvalue weighted by atomic mass is 16.5. The van der Waals surface area contributed by atoms with Crippen LogP contribution in [-0.4, -0.2) is 28.0 Å². The molecule has 1 saturated carbocycles. The van der Waals surface area contributed by atoms with Crippen molar-refractivity contribution in [1.29, 1.82) is 0 Å². The molecule has 6 nitrogen and oxygen atoms in total. The Bertz CT molecular complexity index is 821. The Morgan fingerprint density at radius 3 is 2.76 bits per heavy atom. The smallest absolute Gasteiger partial charge is 0.287 e. The number of nitrogens with zero attached hydrogens (tertiary/aromatic N) is 2. The second-order valence-electron chi connectivity index (χ2n) is 6.26. The first kappa shape index (κ1) is 15.6. The van der Waals surface area contributed by atoms with Gasteiger partial charge >= 0.3 is 0 Å². The van der Waals surface area contributed by atoms with Gasteiger partial charge in [-0.3, -0.25) is 9.78 Å². The SMILES string of the molecule is O=C(NC1CCC(Oc2cnccn2)CC1)c1cc2ccccc2o1. The van der Waals surface area contributed by atoms with Crippen LogP contribution in [0, 0.1) is 0 Å². The molecule has 0 radical (unpaired) electrons. The van der Waals surface area contributed by atoms with Crippen molar-refractivity contribution in [2.45, 2.75) is 37.8 Å². The predicted molar refractivity (Wildman–Crippen MR) is 92.4 cm³/mol. The summed E-state index contributed by atoms with van der Waals surface area (Å²) < 4.78 is 11.4. The summed E-state index contributed by atoms with van der Waals surface area (Å²) in [7, 11) is 0. The van der Waals surface area contributed by atoms with E-state index in [-0.39, 0.29) is 18.1 Å². The lowest BCUT2D eigenvalue weighted by Gasteiger charge is -2.28. The number of amides is 1. The molecule has 1 aliphatic rings. The quantitative estimate of drug-likeness (QED) is 0.790. The Morgan fingerprint density at radius 1 is 1.16 bits per heavy atom. The standard InChI is InChI=1S/C19H19N3O3/c23-19(17-11-13-3-1-2-4-16(13)25-17)22-14-5-7-15(8-6-14)24-18-12-20-9-10-21-18/h1-4,9-12,14-15H,5-8H2,(H,22,23). The number of hydrogen-bond acceptors (Lipinski definition) is 5. The van der Waals surface area contributed by atoms with Crippen LogP contribution in [0.4, 0.5) is 0 Å². The average molecular weight is 337 g/mol. The molecule has 25 heavy (non-hydrogen) atoms. The van der Waals surface area contributed by atoms with E-state index < -0.39 is 0 Å². The van der Waals surface area contributed by atoms with E-state index >= 15 is 0 Å². The molecule has 1 fully saturated rings. The molecule has 0 bridgehead atoms. The van der Waals surface area contributed by atoms with Crippen LogP contribution in [0.25, 0.3) is 11.0 Å². The third-order valence-electron chi connectivity index (χ3n) is 4.49. The van der Waals surface area contributed by atoms with E-state index in [1.54, 1.807) is 24.7 Å². The van der Waals surface area contributed by atoms with Crippen molar-refractivity contribution in [3.63, 3.8) is 0 Å². The lowest BCUT2D eigenvalue weighted by molar-refractivity contribution is 0.0865. The predicted octanol–water partition coefficient (Wildman–Crippen LogP) is 3.34. The van der Waals surface area contributed by atoms with Crippen LogP contribution in [0.3, 0.4) is 0 Å². The summed E-state index contributed by atoms with van der Waals surface area (Å²) in [5.41, 5.74) is 0.730. The Hall–Kier alpha value is -2.89. The number of para-hydroxylation sites is 1. The topological polar surface area (TPSA) is 77.2 Å². The molecule has 0 unspecified atom stereocenters. The van der Waals surface area contributed by atoms with Crippen LogP contribution < -0.4 is 10.1 Å². The first-order chi connectivity index (χ1) is 12.3. The number of carbonyl (C=O) groups excluding carboxylic acids is 1.